The molecule has 3 nitrogen and oxygen atoms in total. The van der Waals surface area contributed by atoms with Crippen LogP contribution in [-0.2, 0) is 0 Å². The third-order valence-electron chi connectivity index (χ3n) is 3.56. The highest BCUT2D eigenvalue weighted by Gasteiger charge is 2.23. The van der Waals surface area contributed by atoms with Gasteiger partial charge in [0.2, 0.25) is 0 Å². The highest BCUT2D eigenvalue weighted by molar-refractivity contribution is 9.10. The van der Waals surface area contributed by atoms with Crippen LogP contribution in [0.4, 0.5) is 5.69 Å². The summed E-state index contributed by atoms with van der Waals surface area (Å²) in [4.78, 5) is 12.2. The first-order valence-electron chi connectivity index (χ1n) is 6.49. The molecule has 0 heterocycles. The monoisotopic (exact) mass is 342 g/mol. The topological polar surface area (TPSA) is 55.1 Å². The van der Waals surface area contributed by atoms with Crippen molar-refractivity contribution in [2.75, 3.05) is 12.0 Å². The molecule has 104 valence electrons. The highest BCUT2D eigenvalue weighted by atomic mass is 79.9. The van der Waals surface area contributed by atoms with Crippen molar-refractivity contribution in [3.05, 3.63) is 28.2 Å². The summed E-state index contributed by atoms with van der Waals surface area (Å²) in [6.45, 7) is 0. The molecule has 0 bridgehead atoms. The molecule has 0 radical (unpaired) electrons. The Hall–Kier alpha value is -0.680. The summed E-state index contributed by atoms with van der Waals surface area (Å²) in [5.74, 6) is -0.00699. The van der Waals surface area contributed by atoms with Gasteiger partial charge in [0.05, 0.1) is 0 Å². The quantitative estimate of drug-likeness (QED) is 0.827. The fourth-order valence-corrected chi connectivity index (χ4v) is 3.63. The molecule has 1 fully saturated rings. The van der Waals surface area contributed by atoms with E-state index in [-0.39, 0.29) is 5.91 Å². The first-order chi connectivity index (χ1) is 9.10. The maximum Gasteiger partial charge on any atom is 0.251 e. The summed E-state index contributed by atoms with van der Waals surface area (Å²) in [6.07, 6.45) is 6.76. The third-order valence-corrected chi connectivity index (χ3v) is 5.34. The lowest BCUT2D eigenvalue weighted by atomic mass is 9.94. The van der Waals surface area contributed by atoms with Gasteiger partial charge in [0.1, 0.15) is 0 Å². The summed E-state index contributed by atoms with van der Waals surface area (Å²) in [5.41, 5.74) is 7.04. The van der Waals surface area contributed by atoms with Gasteiger partial charge in [-0.3, -0.25) is 4.79 Å². The van der Waals surface area contributed by atoms with Crippen LogP contribution < -0.4 is 11.1 Å². The summed E-state index contributed by atoms with van der Waals surface area (Å²) in [6, 6.07) is 5.60. The van der Waals surface area contributed by atoms with Gasteiger partial charge in [-0.2, -0.15) is 11.8 Å². The van der Waals surface area contributed by atoms with Gasteiger partial charge in [-0.15, -0.1) is 0 Å². The van der Waals surface area contributed by atoms with E-state index >= 15 is 0 Å². The zero-order valence-electron chi connectivity index (χ0n) is 11.0. The summed E-state index contributed by atoms with van der Waals surface area (Å²) < 4.78 is 0.769. The van der Waals surface area contributed by atoms with Crippen molar-refractivity contribution in [3.63, 3.8) is 0 Å². The molecule has 1 aliphatic carbocycles. The fraction of sp³-hybridized carbons (Fsp3) is 0.500. The van der Waals surface area contributed by atoms with Crippen molar-refractivity contribution in [2.24, 2.45) is 0 Å². The molecule has 1 aromatic rings. The second kappa shape index (κ2) is 6.66. The molecule has 0 saturated heterocycles. The van der Waals surface area contributed by atoms with Gasteiger partial charge in [-0.05, 0) is 59.6 Å². The molecule has 0 spiro atoms. The smallest absolute Gasteiger partial charge is 0.251 e. The Labute approximate surface area is 126 Å². The second-order valence-electron chi connectivity index (χ2n) is 4.93. The van der Waals surface area contributed by atoms with Crippen molar-refractivity contribution in [1.29, 1.82) is 0 Å². The number of amides is 1. The van der Waals surface area contributed by atoms with Crippen molar-refractivity contribution in [3.8, 4) is 0 Å². The average Bonchev–Trinajstić information content (AvgIpc) is 2.42. The average molecular weight is 343 g/mol. The number of carbonyl (C=O) groups excluding carboxylic acids is 1. The van der Waals surface area contributed by atoms with Gasteiger partial charge in [-0.25, -0.2) is 0 Å². The van der Waals surface area contributed by atoms with Crippen LogP contribution in [0.25, 0.3) is 0 Å². The molecule has 1 saturated carbocycles. The molecular weight excluding hydrogens is 324 g/mol. The highest BCUT2D eigenvalue weighted by Crippen LogP contribution is 2.27. The van der Waals surface area contributed by atoms with Crippen molar-refractivity contribution >= 4 is 39.3 Å². The van der Waals surface area contributed by atoms with E-state index in [2.05, 4.69) is 27.5 Å². The van der Waals surface area contributed by atoms with Crippen LogP contribution in [0.1, 0.15) is 36.0 Å². The number of anilines is 1. The van der Waals surface area contributed by atoms with E-state index in [1.165, 1.54) is 12.8 Å². The number of thioether (sulfide) groups is 1. The van der Waals surface area contributed by atoms with Gasteiger partial charge in [0.25, 0.3) is 5.91 Å². The predicted octanol–water partition coefficient (Wildman–Crippen LogP) is 3.44. The number of halogens is 1. The lowest BCUT2D eigenvalue weighted by Gasteiger charge is -2.28. The minimum absolute atomic E-state index is 0.00699. The Morgan fingerprint density at radius 1 is 1.47 bits per heavy atom. The maximum atomic E-state index is 12.2. The number of nitrogen functional groups attached to an aromatic ring is 1. The van der Waals surface area contributed by atoms with E-state index in [9.17, 15) is 4.79 Å². The van der Waals surface area contributed by atoms with Gasteiger partial charge in [-0.1, -0.05) is 6.42 Å². The molecule has 3 N–H and O–H groups in total. The second-order valence-corrected chi connectivity index (χ2v) is 6.92. The minimum Gasteiger partial charge on any atom is -0.398 e. The Morgan fingerprint density at radius 2 is 2.26 bits per heavy atom. The van der Waals surface area contributed by atoms with Gasteiger partial charge in [0, 0.05) is 27.0 Å². The van der Waals surface area contributed by atoms with E-state index in [4.69, 9.17) is 5.73 Å². The predicted molar refractivity (Wildman–Crippen MR) is 85.6 cm³/mol. The third kappa shape index (κ3) is 3.89. The molecular formula is C14H19BrN2OS. The van der Waals surface area contributed by atoms with E-state index in [1.807, 2.05) is 11.8 Å². The molecule has 0 aliphatic heterocycles. The number of carbonyl (C=O) groups is 1. The molecule has 2 rings (SSSR count). The van der Waals surface area contributed by atoms with Crippen LogP contribution in [0.3, 0.4) is 0 Å². The molecule has 19 heavy (non-hydrogen) atoms. The number of nitrogens with two attached hydrogens (primary N) is 1. The summed E-state index contributed by atoms with van der Waals surface area (Å²) in [7, 11) is 0. The molecule has 2 atom stereocenters. The number of rotatable bonds is 3. The van der Waals surface area contributed by atoms with Crippen molar-refractivity contribution in [1.82, 2.24) is 5.32 Å². The molecule has 1 aromatic carbocycles. The minimum atomic E-state index is -0.00699. The largest absolute Gasteiger partial charge is 0.398 e. The SMILES string of the molecule is CSC1CCCC(NC(=O)c2ccc(N)c(Br)c2)C1. The Balaban J connectivity index is 1.98. The van der Waals surface area contributed by atoms with Crippen LogP contribution >= 0.6 is 27.7 Å². The number of nitrogens with one attached hydrogen (secondary N) is 1. The Bertz CT molecular complexity index is 467. The van der Waals surface area contributed by atoms with E-state index in [0.29, 0.717) is 22.5 Å². The molecule has 0 aromatic heterocycles. The van der Waals surface area contributed by atoms with Crippen LogP contribution in [0.5, 0.6) is 0 Å². The molecule has 1 amide bonds. The van der Waals surface area contributed by atoms with E-state index in [1.54, 1.807) is 18.2 Å². The van der Waals surface area contributed by atoms with Gasteiger partial charge >= 0.3 is 0 Å². The molecule has 2 unspecified atom stereocenters. The standard InChI is InChI=1S/C14H19BrN2OS/c1-19-11-4-2-3-10(8-11)17-14(18)9-5-6-13(16)12(15)7-9/h5-7,10-11H,2-4,8,16H2,1H3,(H,17,18). The van der Waals surface area contributed by atoms with Crippen LogP contribution in [0.15, 0.2) is 22.7 Å². The van der Waals surface area contributed by atoms with Gasteiger partial charge in [0.15, 0.2) is 0 Å². The van der Waals surface area contributed by atoms with Crippen molar-refractivity contribution < 1.29 is 4.79 Å². The zero-order valence-corrected chi connectivity index (χ0v) is 13.4. The molecule has 5 heteroatoms. The van der Waals surface area contributed by atoms with E-state index < -0.39 is 0 Å². The number of hydrogen-bond donors (Lipinski definition) is 2. The number of hydrogen-bond acceptors (Lipinski definition) is 3. The van der Waals surface area contributed by atoms with E-state index in [0.717, 1.165) is 17.3 Å². The summed E-state index contributed by atoms with van der Waals surface area (Å²) >= 11 is 5.25. The van der Waals surface area contributed by atoms with Crippen LogP contribution in [-0.4, -0.2) is 23.5 Å². The first-order valence-corrected chi connectivity index (χ1v) is 8.57. The lowest BCUT2D eigenvalue weighted by molar-refractivity contribution is 0.0928. The zero-order chi connectivity index (χ0) is 13.8. The molecule has 1 aliphatic rings. The number of benzene rings is 1. The van der Waals surface area contributed by atoms with Gasteiger partial charge < -0.3 is 11.1 Å². The Kier molecular flexibility index (Phi) is 5.16. The maximum absolute atomic E-state index is 12.2. The fourth-order valence-electron chi connectivity index (χ4n) is 2.43. The first kappa shape index (κ1) is 14.7. The van der Waals surface area contributed by atoms with Crippen LogP contribution in [0.2, 0.25) is 0 Å². The normalized spacial score (nSPS) is 23.1. The Morgan fingerprint density at radius 3 is 2.95 bits per heavy atom. The van der Waals surface area contributed by atoms with Crippen LogP contribution in [0, 0.1) is 0 Å². The lowest BCUT2D eigenvalue weighted by Crippen LogP contribution is -2.39. The van der Waals surface area contributed by atoms with Crippen molar-refractivity contribution in [2.45, 2.75) is 37.0 Å². The summed E-state index contributed by atoms with van der Waals surface area (Å²) in [5, 5.41) is 3.81.